The Balaban J connectivity index is 0.000000162. The van der Waals surface area contributed by atoms with Gasteiger partial charge >= 0.3 is 0 Å². The van der Waals surface area contributed by atoms with E-state index >= 15 is 0 Å². The molecule has 1 N–H and O–H groups in total. The Bertz CT molecular complexity index is 2030. The highest BCUT2D eigenvalue weighted by molar-refractivity contribution is 7.19. The van der Waals surface area contributed by atoms with Crippen molar-refractivity contribution in [2.24, 2.45) is 0 Å². The smallest absolute Gasteiger partial charge is 0.164 e. The number of hydrogen-bond acceptors (Lipinski definition) is 9. The molecule has 6 aromatic heterocycles. The lowest BCUT2D eigenvalue weighted by molar-refractivity contribution is 1.10. The van der Waals surface area contributed by atoms with Crippen LogP contribution in [0.4, 0.5) is 5.82 Å². The van der Waals surface area contributed by atoms with Crippen molar-refractivity contribution in [2.75, 3.05) is 5.32 Å². The fourth-order valence-corrected chi connectivity index (χ4v) is 7.03. The van der Waals surface area contributed by atoms with E-state index in [1.54, 1.807) is 47.5 Å². The van der Waals surface area contributed by atoms with Gasteiger partial charge in [-0.25, -0.2) is 19.9 Å². The van der Waals surface area contributed by atoms with Gasteiger partial charge in [0.15, 0.2) is 11.6 Å². The fraction of sp³-hybridized carbons (Fsp3) is 0.152. The van der Waals surface area contributed by atoms with Crippen LogP contribution in [0.3, 0.4) is 0 Å². The third kappa shape index (κ3) is 6.10. The van der Waals surface area contributed by atoms with E-state index < -0.39 is 0 Å². The number of halogens is 1. The lowest BCUT2D eigenvalue weighted by Crippen LogP contribution is -2.04. The van der Waals surface area contributed by atoms with Crippen molar-refractivity contribution in [1.82, 2.24) is 29.9 Å². The first-order valence-electron chi connectivity index (χ1n) is 13.7. The van der Waals surface area contributed by atoms with Gasteiger partial charge in [0.25, 0.3) is 0 Å². The van der Waals surface area contributed by atoms with Crippen LogP contribution in [0, 0.1) is 27.7 Å². The second-order valence-electron chi connectivity index (χ2n) is 9.98. The maximum atomic E-state index is 6.27. The maximum Gasteiger partial charge on any atom is 0.164 e. The summed E-state index contributed by atoms with van der Waals surface area (Å²) in [6.07, 6.45) is 7.03. The first-order valence-corrected chi connectivity index (χ1v) is 15.7. The van der Waals surface area contributed by atoms with Crippen LogP contribution in [0.5, 0.6) is 0 Å². The number of aryl methyl sites for hydroxylation is 4. The molecule has 43 heavy (non-hydrogen) atoms. The molecule has 1 aromatic carbocycles. The Hall–Kier alpha value is -4.31. The van der Waals surface area contributed by atoms with Gasteiger partial charge in [-0.3, -0.25) is 9.97 Å². The van der Waals surface area contributed by atoms with Crippen molar-refractivity contribution >= 4 is 60.5 Å². The SMILES string of the molecule is Cc1sc2nc(-c3cccnc3)nc(Cl)c2c1C.Cc1sc2nc(-c3cccnc3)nc(NCc3ccccc3)c2c1C. The number of pyridine rings is 2. The first kappa shape index (κ1) is 28.8. The van der Waals surface area contributed by atoms with Gasteiger partial charge in [-0.15, -0.1) is 22.7 Å². The minimum Gasteiger partial charge on any atom is -0.365 e. The molecule has 0 saturated heterocycles. The van der Waals surface area contributed by atoms with E-state index in [4.69, 9.17) is 21.6 Å². The molecule has 0 fully saturated rings. The van der Waals surface area contributed by atoms with E-state index in [2.05, 4.69) is 58.2 Å². The molecule has 0 spiro atoms. The normalized spacial score (nSPS) is 11.0. The Morgan fingerprint density at radius 2 is 1.21 bits per heavy atom. The number of hydrogen-bond donors (Lipinski definition) is 1. The summed E-state index contributed by atoms with van der Waals surface area (Å²) in [5, 5.41) is 6.10. The number of nitrogens with one attached hydrogen (secondary N) is 1. The monoisotopic (exact) mass is 621 g/mol. The molecular weight excluding hydrogens is 594 g/mol. The van der Waals surface area contributed by atoms with Crippen molar-refractivity contribution in [3.8, 4) is 22.8 Å². The standard InChI is InChI=1S/C20H18N4S.C13H10ClN3S/c1-13-14(2)25-20-17(13)19(22-11-15-7-4-3-5-8-15)23-18(24-20)16-9-6-10-21-12-16;1-7-8(2)18-13-10(7)11(14)16-12(17-13)9-4-3-5-15-6-9/h3-10,12H,11H2,1-2H3,(H,22,23,24);3-6H,1-2H3. The summed E-state index contributed by atoms with van der Waals surface area (Å²) in [5.74, 6) is 2.22. The quantitative estimate of drug-likeness (QED) is 0.192. The third-order valence-corrected chi connectivity index (χ3v) is 9.63. The van der Waals surface area contributed by atoms with Gasteiger partial charge in [-0.05, 0) is 68.7 Å². The van der Waals surface area contributed by atoms with Gasteiger partial charge in [0, 0.05) is 52.2 Å². The average molecular weight is 622 g/mol. The molecule has 0 atom stereocenters. The topological polar surface area (TPSA) is 89.4 Å². The molecule has 10 heteroatoms. The van der Waals surface area contributed by atoms with Crippen molar-refractivity contribution in [3.63, 3.8) is 0 Å². The molecule has 7 nitrogen and oxygen atoms in total. The number of benzene rings is 1. The highest BCUT2D eigenvalue weighted by atomic mass is 35.5. The molecule has 0 aliphatic heterocycles. The third-order valence-electron chi connectivity index (χ3n) is 7.16. The van der Waals surface area contributed by atoms with Gasteiger partial charge in [-0.1, -0.05) is 41.9 Å². The predicted octanol–water partition coefficient (Wildman–Crippen LogP) is 9.01. The van der Waals surface area contributed by atoms with E-state index in [9.17, 15) is 0 Å². The zero-order valence-corrected chi connectivity index (χ0v) is 26.5. The Morgan fingerprint density at radius 3 is 1.79 bits per heavy atom. The molecule has 7 aromatic rings. The maximum absolute atomic E-state index is 6.27. The van der Waals surface area contributed by atoms with Gasteiger partial charge in [0.1, 0.15) is 20.6 Å². The molecule has 0 radical (unpaired) electrons. The zero-order chi connectivity index (χ0) is 29.9. The summed E-state index contributed by atoms with van der Waals surface area (Å²) in [5.41, 5.74) is 5.44. The molecule has 214 valence electrons. The molecule has 0 bridgehead atoms. The summed E-state index contributed by atoms with van der Waals surface area (Å²) in [7, 11) is 0. The number of fused-ring (bicyclic) bond motifs is 2. The number of rotatable bonds is 5. The van der Waals surface area contributed by atoms with Crippen molar-refractivity contribution < 1.29 is 0 Å². The number of aromatic nitrogens is 6. The summed E-state index contributed by atoms with van der Waals surface area (Å²) in [4.78, 5) is 31.2. The summed E-state index contributed by atoms with van der Waals surface area (Å²) in [6, 6.07) is 18.0. The van der Waals surface area contributed by atoms with Crippen LogP contribution in [0.2, 0.25) is 5.15 Å². The van der Waals surface area contributed by atoms with Crippen LogP contribution in [0.1, 0.15) is 26.4 Å². The molecule has 6 heterocycles. The molecule has 0 aliphatic rings. The van der Waals surface area contributed by atoms with Crippen molar-refractivity contribution in [3.05, 3.63) is 111 Å². The van der Waals surface area contributed by atoms with Crippen LogP contribution >= 0.6 is 34.3 Å². The van der Waals surface area contributed by atoms with Crippen LogP contribution < -0.4 is 5.32 Å². The van der Waals surface area contributed by atoms with Crippen LogP contribution in [0.15, 0.2) is 79.4 Å². The average Bonchev–Trinajstić information content (AvgIpc) is 3.50. The molecular formula is C33H28ClN7S2. The van der Waals surface area contributed by atoms with Gasteiger partial charge in [0.2, 0.25) is 0 Å². The second kappa shape index (κ2) is 12.5. The lowest BCUT2D eigenvalue weighted by Gasteiger charge is -2.10. The minimum absolute atomic E-state index is 0.515. The van der Waals surface area contributed by atoms with Gasteiger partial charge in [-0.2, -0.15) is 0 Å². The van der Waals surface area contributed by atoms with E-state index in [-0.39, 0.29) is 0 Å². The van der Waals surface area contributed by atoms with Crippen molar-refractivity contribution in [1.29, 1.82) is 0 Å². The molecule has 7 rings (SSSR count). The van der Waals surface area contributed by atoms with E-state index in [0.717, 1.165) is 49.5 Å². The number of anilines is 1. The number of nitrogens with zero attached hydrogens (tertiary/aromatic N) is 6. The predicted molar refractivity (Wildman–Crippen MR) is 179 cm³/mol. The molecule has 0 amide bonds. The summed E-state index contributed by atoms with van der Waals surface area (Å²) in [6.45, 7) is 9.12. The largest absolute Gasteiger partial charge is 0.365 e. The fourth-order valence-electron chi connectivity index (χ4n) is 4.61. The second-order valence-corrected chi connectivity index (χ2v) is 12.7. The first-order chi connectivity index (χ1) is 20.9. The number of thiophene rings is 2. The Kier molecular flexibility index (Phi) is 8.38. The highest BCUT2D eigenvalue weighted by Gasteiger charge is 2.16. The van der Waals surface area contributed by atoms with Crippen LogP contribution in [-0.4, -0.2) is 29.9 Å². The van der Waals surface area contributed by atoms with E-state index in [1.165, 1.54) is 20.9 Å². The summed E-state index contributed by atoms with van der Waals surface area (Å²) >= 11 is 9.62. The van der Waals surface area contributed by atoms with Crippen molar-refractivity contribution in [2.45, 2.75) is 34.2 Å². The van der Waals surface area contributed by atoms with Crippen LogP contribution in [0.25, 0.3) is 43.2 Å². The van der Waals surface area contributed by atoms with E-state index in [1.807, 2.05) is 49.4 Å². The molecule has 0 aliphatic carbocycles. The zero-order valence-electron chi connectivity index (χ0n) is 24.1. The molecule has 0 unspecified atom stereocenters. The molecule has 0 saturated carbocycles. The minimum atomic E-state index is 0.515. The van der Waals surface area contributed by atoms with E-state index in [0.29, 0.717) is 16.8 Å². The van der Waals surface area contributed by atoms with Gasteiger partial charge < -0.3 is 5.32 Å². The lowest BCUT2D eigenvalue weighted by atomic mass is 10.2. The Labute approximate surface area is 262 Å². The highest BCUT2D eigenvalue weighted by Crippen LogP contribution is 2.36. The Morgan fingerprint density at radius 1 is 0.651 bits per heavy atom. The van der Waals surface area contributed by atoms with Crippen LogP contribution in [-0.2, 0) is 6.54 Å². The summed E-state index contributed by atoms with van der Waals surface area (Å²) < 4.78 is 0. The van der Waals surface area contributed by atoms with Gasteiger partial charge in [0.05, 0.1) is 10.8 Å².